The van der Waals surface area contributed by atoms with Gasteiger partial charge in [0.05, 0.1) is 18.0 Å². The highest BCUT2D eigenvalue weighted by molar-refractivity contribution is 7.47. The molecule has 2 aromatic rings. The van der Waals surface area contributed by atoms with Crippen LogP contribution in [0.1, 0.15) is 54.2 Å². The molecule has 12 nitrogen and oxygen atoms in total. The van der Waals surface area contributed by atoms with Gasteiger partial charge in [-0.2, -0.15) is 4.98 Å². The summed E-state index contributed by atoms with van der Waals surface area (Å²) >= 11 is 0. The summed E-state index contributed by atoms with van der Waals surface area (Å²) in [7, 11) is -4.53. The van der Waals surface area contributed by atoms with Crippen LogP contribution in [0.5, 0.6) is 0 Å². The van der Waals surface area contributed by atoms with E-state index in [1.54, 1.807) is 20.8 Å². The van der Waals surface area contributed by atoms with Crippen LogP contribution < -0.4 is 11.3 Å². The highest BCUT2D eigenvalue weighted by Gasteiger charge is 2.50. The molecule has 1 saturated heterocycles. The third-order valence-corrected chi connectivity index (χ3v) is 5.78. The number of aliphatic hydroxyl groups excluding tert-OH is 1. The predicted molar refractivity (Wildman–Crippen MR) is 112 cm³/mol. The fraction of sp³-hybridized carbons (Fsp3) is 0.722. The normalized spacial score (nSPS) is 27.0. The van der Waals surface area contributed by atoms with Gasteiger partial charge >= 0.3 is 7.82 Å². The first-order valence-electron chi connectivity index (χ1n) is 9.84. The molecule has 5 atom stereocenters. The molecule has 0 spiro atoms. The first kappa shape index (κ1) is 23.8. The van der Waals surface area contributed by atoms with E-state index in [1.807, 2.05) is 20.8 Å². The van der Waals surface area contributed by atoms with E-state index in [2.05, 4.69) is 15.0 Å². The van der Waals surface area contributed by atoms with Crippen LogP contribution in [0.4, 0.5) is 5.95 Å². The smallest absolute Gasteiger partial charge is 0.386 e. The summed E-state index contributed by atoms with van der Waals surface area (Å²) in [6, 6.07) is 0. The first-order valence-corrected chi connectivity index (χ1v) is 11.3. The number of aromatic nitrogens is 4. The number of nitrogens with one attached hydrogen (secondary N) is 1. The van der Waals surface area contributed by atoms with Crippen molar-refractivity contribution in [3.63, 3.8) is 0 Å². The number of H-pyrrole nitrogens is 1. The van der Waals surface area contributed by atoms with Crippen LogP contribution in [0.2, 0.25) is 0 Å². The lowest BCUT2D eigenvalue weighted by atomic mass is 9.87. The predicted octanol–water partition coefficient (Wildman–Crippen LogP) is 1.70. The summed E-state index contributed by atoms with van der Waals surface area (Å²) in [5.41, 5.74) is 4.04. The maximum Gasteiger partial charge on any atom is 0.473 e. The zero-order chi connectivity index (χ0) is 23.4. The number of nitrogen functional groups attached to an aromatic ring is 1. The van der Waals surface area contributed by atoms with Crippen LogP contribution in [0, 0.1) is 5.41 Å². The van der Waals surface area contributed by atoms with E-state index in [-0.39, 0.29) is 22.5 Å². The van der Waals surface area contributed by atoms with Crippen molar-refractivity contribution in [3.8, 4) is 0 Å². The number of phosphoric acid groups is 1. The van der Waals surface area contributed by atoms with E-state index in [0.717, 1.165) is 0 Å². The van der Waals surface area contributed by atoms with Crippen LogP contribution >= 0.6 is 7.82 Å². The summed E-state index contributed by atoms with van der Waals surface area (Å²) in [6.07, 6.45) is -2.69. The Kier molecular flexibility index (Phi) is 6.11. The van der Waals surface area contributed by atoms with E-state index in [9.17, 15) is 19.4 Å². The topological polar surface area (TPSA) is 175 Å². The second kappa shape index (κ2) is 7.95. The molecule has 174 valence electrons. The molecule has 1 aliphatic rings. The molecule has 0 amide bonds. The summed E-state index contributed by atoms with van der Waals surface area (Å²) in [5.74, 6) is -0.121. The number of fused-ring (bicyclic) bond motifs is 1. The number of aliphatic hydroxyl groups is 1. The molecule has 0 aromatic carbocycles. The van der Waals surface area contributed by atoms with Crippen LogP contribution in [0.25, 0.3) is 11.2 Å². The second-order valence-electron chi connectivity index (χ2n) is 9.84. The van der Waals surface area contributed by atoms with Crippen molar-refractivity contribution in [1.82, 2.24) is 19.5 Å². The third kappa shape index (κ3) is 5.51. The number of nitrogens with zero attached hydrogens (tertiary/aromatic N) is 3. The van der Waals surface area contributed by atoms with Gasteiger partial charge in [0.25, 0.3) is 5.56 Å². The zero-order valence-corrected chi connectivity index (χ0v) is 19.3. The Morgan fingerprint density at radius 2 is 1.97 bits per heavy atom. The Morgan fingerprint density at radius 1 is 1.32 bits per heavy atom. The maximum absolute atomic E-state index is 12.6. The van der Waals surface area contributed by atoms with Gasteiger partial charge < -0.3 is 20.5 Å². The fourth-order valence-electron chi connectivity index (χ4n) is 3.50. The lowest BCUT2D eigenvalue weighted by molar-refractivity contribution is -0.0463. The molecule has 5 N–H and O–H groups in total. The average Bonchev–Trinajstić information content (AvgIpc) is 3.07. The van der Waals surface area contributed by atoms with E-state index in [1.165, 1.54) is 10.9 Å². The number of aromatic amines is 1. The molecule has 0 saturated carbocycles. The van der Waals surface area contributed by atoms with Crippen molar-refractivity contribution in [2.24, 2.45) is 5.41 Å². The third-order valence-electron chi connectivity index (χ3n) is 4.49. The Labute approximate surface area is 179 Å². The van der Waals surface area contributed by atoms with Crippen molar-refractivity contribution >= 4 is 24.9 Å². The van der Waals surface area contributed by atoms with Gasteiger partial charge in [-0.25, -0.2) is 9.55 Å². The number of rotatable bonds is 5. The molecule has 3 rings (SSSR count). The second-order valence-corrected chi connectivity index (χ2v) is 11.2. The summed E-state index contributed by atoms with van der Waals surface area (Å²) in [5, 5.41) is 11.0. The molecular weight excluding hydrogens is 429 g/mol. The average molecular weight is 459 g/mol. The van der Waals surface area contributed by atoms with Gasteiger partial charge in [-0.3, -0.25) is 23.4 Å². The van der Waals surface area contributed by atoms with Gasteiger partial charge in [0, 0.05) is 0 Å². The molecule has 3 unspecified atom stereocenters. The van der Waals surface area contributed by atoms with Gasteiger partial charge in [-0.15, -0.1) is 0 Å². The largest absolute Gasteiger partial charge is 0.473 e. The molecule has 13 heteroatoms. The number of imidazole rings is 1. The molecular formula is C18H30N5O7P. The van der Waals surface area contributed by atoms with Crippen LogP contribution in [-0.4, -0.2) is 53.4 Å². The Balaban J connectivity index is 1.98. The quantitative estimate of drug-likeness (QED) is 0.482. The monoisotopic (exact) mass is 459 g/mol. The van der Waals surface area contributed by atoms with Crippen molar-refractivity contribution in [1.29, 1.82) is 0 Å². The van der Waals surface area contributed by atoms with Crippen molar-refractivity contribution in [3.05, 3.63) is 16.7 Å². The van der Waals surface area contributed by atoms with Crippen LogP contribution in [-0.2, 0) is 18.3 Å². The Hall–Kier alpha value is -1.82. The molecule has 3 heterocycles. The number of anilines is 1. The molecule has 0 radical (unpaired) electrons. The summed E-state index contributed by atoms with van der Waals surface area (Å²) in [4.78, 5) is 32.8. The van der Waals surface area contributed by atoms with Gasteiger partial charge in [0.15, 0.2) is 17.4 Å². The van der Waals surface area contributed by atoms with E-state index in [4.69, 9.17) is 19.5 Å². The SMILES string of the molecule is CC(C)(C)C[C@H]1O[C@@H](n2cnc3c(=O)[nH]c(N)nc32)C(O)C1OP(=O)(O)OC(C)(C)C. The fourth-order valence-corrected chi connectivity index (χ4v) is 4.80. The number of hydrogen-bond donors (Lipinski definition) is 4. The number of hydrogen-bond acceptors (Lipinski definition) is 9. The molecule has 1 aliphatic heterocycles. The van der Waals surface area contributed by atoms with E-state index < -0.39 is 43.5 Å². The van der Waals surface area contributed by atoms with Gasteiger partial charge in [-0.1, -0.05) is 20.8 Å². The molecule has 31 heavy (non-hydrogen) atoms. The van der Waals surface area contributed by atoms with E-state index >= 15 is 0 Å². The number of phosphoric ester groups is 1. The first-order chi connectivity index (χ1) is 14.1. The Morgan fingerprint density at radius 3 is 2.55 bits per heavy atom. The Bertz CT molecular complexity index is 1050. The highest BCUT2D eigenvalue weighted by atomic mass is 31.2. The maximum atomic E-state index is 12.6. The highest BCUT2D eigenvalue weighted by Crippen LogP contribution is 2.52. The van der Waals surface area contributed by atoms with Gasteiger partial charge in [0.1, 0.15) is 12.2 Å². The van der Waals surface area contributed by atoms with Crippen LogP contribution in [0.15, 0.2) is 11.1 Å². The zero-order valence-electron chi connectivity index (χ0n) is 18.4. The lowest BCUT2D eigenvalue weighted by Gasteiger charge is -2.29. The molecule has 1 fully saturated rings. The van der Waals surface area contributed by atoms with Crippen molar-refractivity contribution < 1.29 is 28.3 Å². The minimum atomic E-state index is -4.53. The van der Waals surface area contributed by atoms with E-state index in [0.29, 0.717) is 6.42 Å². The van der Waals surface area contributed by atoms with Crippen molar-refractivity contribution in [2.75, 3.05) is 5.73 Å². The summed E-state index contributed by atoms with van der Waals surface area (Å²) in [6.45, 7) is 10.7. The number of ether oxygens (including phenoxy) is 1. The molecule has 0 aliphatic carbocycles. The number of nitrogens with two attached hydrogens (primary N) is 1. The van der Waals surface area contributed by atoms with Gasteiger partial charge in [-0.05, 0) is 32.6 Å². The van der Waals surface area contributed by atoms with Crippen molar-refractivity contribution in [2.45, 2.75) is 78.1 Å². The minimum Gasteiger partial charge on any atom is -0.386 e. The lowest BCUT2D eigenvalue weighted by Crippen LogP contribution is -2.36. The van der Waals surface area contributed by atoms with Gasteiger partial charge in [0.2, 0.25) is 5.95 Å². The minimum absolute atomic E-state index is 0.0191. The van der Waals surface area contributed by atoms with Crippen LogP contribution in [0.3, 0.4) is 0 Å². The summed E-state index contributed by atoms with van der Waals surface area (Å²) < 4.78 is 30.6. The standard InChI is InChI=1S/C18H30N5O7P/c1-17(2,3)7-9-12(29-31(26,27)30-18(4,5)6)11(24)15(28-9)23-8-20-10-13(23)21-16(19)22-14(10)25/h8-9,11-12,15,24H,7H2,1-6H3,(H,26,27)(H3,19,21,22,25)/t9-,11?,12?,15-/m1/s1. The molecule has 0 bridgehead atoms. The molecule has 2 aromatic heterocycles.